The molecule has 0 bridgehead atoms. The fraction of sp³-hybridized carbons (Fsp3) is 0.227. The number of aromatic nitrogens is 3. The number of hydrogen-bond donors (Lipinski definition) is 0. The van der Waals surface area contributed by atoms with Gasteiger partial charge in [-0.15, -0.1) is 0 Å². The summed E-state index contributed by atoms with van der Waals surface area (Å²) >= 11 is 0. The van der Waals surface area contributed by atoms with E-state index in [2.05, 4.69) is 160 Å². The summed E-state index contributed by atoms with van der Waals surface area (Å²) in [6, 6.07) is 38.0. The van der Waals surface area contributed by atoms with E-state index in [9.17, 15) is 0 Å². The maximum absolute atomic E-state index is 5.04. The van der Waals surface area contributed by atoms with Gasteiger partial charge in [0.15, 0.2) is 0 Å². The average molecular weight is 625 g/mol. The summed E-state index contributed by atoms with van der Waals surface area (Å²) in [5.41, 5.74) is 15.3. The van der Waals surface area contributed by atoms with E-state index in [-0.39, 0.29) is 16.2 Å². The van der Waals surface area contributed by atoms with Crippen molar-refractivity contribution in [2.24, 2.45) is 0 Å². The lowest BCUT2D eigenvalue weighted by atomic mass is 9.68. The lowest BCUT2D eigenvalue weighted by Crippen LogP contribution is -2.33. The van der Waals surface area contributed by atoms with E-state index in [4.69, 9.17) is 4.98 Å². The standard InChI is InChI=1S/C44H40N4/c1-42(2,3)28-23-31-30-16-13-21-46-41(30)48-39-26-38-33(25-34(39)44(6,7)35(24-28)40(31)48)43(4,5)32-17-8-9-19-37(32)47(38)29-15-12-14-27(22-29)36-18-10-11-20-45-36/h8-26H,1-7H3. The van der Waals surface area contributed by atoms with E-state index in [0.29, 0.717) is 0 Å². The second kappa shape index (κ2) is 9.67. The molecule has 0 radical (unpaired) electrons. The van der Waals surface area contributed by atoms with Crippen molar-refractivity contribution in [1.29, 1.82) is 0 Å². The Morgan fingerprint density at radius 3 is 2.10 bits per heavy atom. The molecule has 0 N–H and O–H groups in total. The molecule has 9 rings (SSSR count). The Morgan fingerprint density at radius 1 is 0.562 bits per heavy atom. The van der Waals surface area contributed by atoms with Crippen LogP contribution in [0.4, 0.5) is 17.1 Å². The highest BCUT2D eigenvalue weighted by atomic mass is 15.2. The molecule has 0 saturated carbocycles. The molecule has 2 aliphatic heterocycles. The number of anilines is 3. The van der Waals surface area contributed by atoms with E-state index in [1.165, 1.54) is 61.2 Å². The number of pyridine rings is 2. The number of rotatable bonds is 2. The van der Waals surface area contributed by atoms with Crippen LogP contribution < -0.4 is 4.90 Å². The zero-order chi connectivity index (χ0) is 33.2. The molecule has 2 aliphatic rings. The van der Waals surface area contributed by atoms with Gasteiger partial charge in [-0.3, -0.25) is 9.55 Å². The van der Waals surface area contributed by atoms with Gasteiger partial charge in [-0.2, -0.15) is 0 Å². The quantitative estimate of drug-likeness (QED) is 0.192. The summed E-state index contributed by atoms with van der Waals surface area (Å²) in [7, 11) is 0. The largest absolute Gasteiger partial charge is 0.310 e. The first-order valence-electron chi connectivity index (χ1n) is 17.0. The summed E-state index contributed by atoms with van der Waals surface area (Å²) in [4.78, 5) is 12.2. The van der Waals surface area contributed by atoms with E-state index in [0.717, 1.165) is 22.6 Å². The third-order valence-electron chi connectivity index (χ3n) is 11.0. The van der Waals surface area contributed by atoms with Crippen LogP contribution in [0.5, 0.6) is 0 Å². The molecule has 4 heteroatoms. The van der Waals surface area contributed by atoms with E-state index in [1.807, 2.05) is 18.5 Å². The number of fused-ring (bicyclic) bond motifs is 7. The van der Waals surface area contributed by atoms with E-state index < -0.39 is 0 Å². The molecule has 48 heavy (non-hydrogen) atoms. The van der Waals surface area contributed by atoms with Crippen LogP contribution in [-0.4, -0.2) is 14.5 Å². The smallest absolute Gasteiger partial charge is 0.145 e. The van der Waals surface area contributed by atoms with Crippen molar-refractivity contribution in [3.05, 3.63) is 143 Å². The summed E-state index contributed by atoms with van der Waals surface area (Å²) in [5, 5.41) is 2.48. The molecule has 4 aromatic carbocycles. The predicted molar refractivity (Wildman–Crippen MR) is 199 cm³/mol. The minimum Gasteiger partial charge on any atom is -0.310 e. The van der Waals surface area contributed by atoms with E-state index in [1.54, 1.807) is 0 Å². The molecule has 0 atom stereocenters. The van der Waals surface area contributed by atoms with Gasteiger partial charge in [0.05, 0.1) is 28.3 Å². The first-order valence-corrected chi connectivity index (χ1v) is 17.0. The Bertz CT molecular complexity index is 2440. The molecule has 4 nitrogen and oxygen atoms in total. The third-order valence-corrected chi connectivity index (χ3v) is 11.0. The fourth-order valence-corrected chi connectivity index (χ4v) is 8.30. The summed E-state index contributed by atoms with van der Waals surface area (Å²) in [5.74, 6) is 0. The molecule has 236 valence electrons. The van der Waals surface area contributed by atoms with Crippen LogP contribution in [0.2, 0.25) is 0 Å². The van der Waals surface area contributed by atoms with Crippen LogP contribution in [0, 0.1) is 0 Å². The Hall–Kier alpha value is -5.22. The number of para-hydroxylation sites is 1. The summed E-state index contributed by atoms with van der Waals surface area (Å²) in [6.07, 6.45) is 3.80. The molecule has 0 spiro atoms. The Kier molecular flexibility index (Phi) is 5.83. The van der Waals surface area contributed by atoms with Crippen molar-refractivity contribution in [3.8, 4) is 16.9 Å². The van der Waals surface area contributed by atoms with Crippen LogP contribution in [0.25, 0.3) is 38.9 Å². The number of benzene rings is 4. The van der Waals surface area contributed by atoms with Crippen molar-refractivity contribution >= 4 is 39.0 Å². The van der Waals surface area contributed by atoms with Gasteiger partial charge in [0.1, 0.15) is 5.65 Å². The molecule has 0 unspecified atom stereocenters. The molecule has 7 aromatic rings. The van der Waals surface area contributed by atoms with Crippen molar-refractivity contribution in [2.75, 3.05) is 4.90 Å². The van der Waals surface area contributed by atoms with Gasteiger partial charge in [0.2, 0.25) is 0 Å². The Morgan fingerprint density at radius 2 is 1.31 bits per heavy atom. The van der Waals surface area contributed by atoms with Crippen molar-refractivity contribution in [3.63, 3.8) is 0 Å². The van der Waals surface area contributed by atoms with Gasteiger partial charge >= 0.3 is 0 Å². The molecular weight excluding hydrogens is 585 g/mol. The molecule has 0 fully saturated rings. The molecule has 3 aromatic heterocycles. The van der Waals surface area contributed by atoms with Crippen LogP contribution in [-0.2, 0) is 16.2 Å². The van der Waals surface area contributed by atoms with Crippen LogP contribution in [0.3, 0.4) is 0 Å². The summed E-state index contributed by atoms with van der Waals surface area (Å²) in [6.45, 7) is 16.5. The first-order chi connectivity index (χ1) is 23.0. The Labute approximate surface area is 282 Å². The Balaban J connectivity index is 1.38. The average Bonchev–Trinajstić information content (AvgIpc) is 3.42. The van der Waals surface area contributed by atoms with Crippen LogP contribution in [0.1, 0.15) is 76.3 Å². The second-order valence-electron chi connectivity index (χ2n) is 15.6. The van der Waals surface area contributed by atoms with Gasteiger partial charge in [-0.25, -0.2) is 4.98 Å². The maximum atomic E-state index is 5.04. The summed E-state index contributed by atoms with van der Waals surface area (Å²) < 4.78 is 2.45. The molecular formula is C44H40N4. The van der Waals surface area contributed by atoms with Gasteiger partial charge in [-0.05, 0) is 93.9 Å². The zero-order valence-electron chi connectivity index (χ0n) is 28.8. The highest BCUT2D eigenvalue weighted by Gasteiger charge is 2.42. The monoisotopic (exact) mass is 624 g/mol. The zero-order valence-corrected chi connectivity index (χ0v) is 28.8. The lowest BCUT2D eigenvalue weighted by Gasteiger charge is -2.44. The molecule has 0 saturated heterocycles. The number of hydrogen-bond acceptors (Lipinski definition) is 3. The minimum absolute atomic E-state index is 0.0174. The van der Waals surface area contributed by atoms with Gasteiger partial charge in [0, 0.05) is 45.2 Å². The van der Waals surface area contributed by atoms with Gasteiger partial charge < -0.3 is 4.90 Å². The lowest BCUT2D eigenvalue weighted by molar-refractivity contribution is 0.580. The van der Waals surface area contributed by atoms with Crippen molar-refractivity contribution in [2.45, 2.75) is 64.7 Å². The predicted octanol–water partition coefficient (Wildman–Crippen LogP) is 11.3. The minimum atomic E-state index is -0.231. The van der Waals surface area contributed by atoms with Crippen molar-refractivity contribution in [1.82, 2.24) is 14.5 Å². The maximum Gasteiger partial charge on any atom is 0.145 e. The SMILES string of the molecule is CC(C)(C)c1cc2c3c(c1)c1cccnc1n3-c1cc3c(cc1C2(C)C)C(C)(C)c1ccccc1N3c1cccc(-c2ccccn2)c1. The topological polar surface area (TPSA) is 34.0 Å². The molecule has 0 amide bonds. The van der Waals surface area contributed by atoms with Gasteiger partial charge in [0.25, 0.3) is 0 Å². The first kappa shape index (κ1) is 29.0. The number of nitrogens with zero attached hydrogens (tertiary/aromatic N) is 4. The molecule has 0 aliphatic carbocycles. The van der Waals surface area contributed by atoms with Crippen molar-refractivity contribution < 1.29 is 0 Å². The van der Waals surface area contributed by atoms with Crippen LogP contribution >= 0.6 is 0 Å². The highest BCUT2D eigenvalue weighted by molar-refractivity contribution is 6.11. The van der Waals surface area contributed by atoms with Crippen LogP contribution in [0.15, 0.2) is 116 Å². The third kappa shape index (κ3) is 3.89. The molecule has 5 heterocycles. The normalized spacial score (nSPS) is 15.7. The van der Waals surface area contributed by atoms with E-state index >= 15 is 0 Å². The second-order valence-corrected chi connectivity index (χ2v) is 15.6. The highest BCUT2D eigenvalue weighted by Crippen LogP contribution is 2.56. The fourth-order valence-electron chi connectivity index (χ4n) is 8.30. The van der Waals surface area contributed by atoms with Gasteiger partial charge in [-0.1, -0.05) is 90.9 Å².